The maximum absolute atomic E-state index is 5.53. The van der Waals surface area contributed by atoms with Crippen LogP contribution in [-0.4, -0.2) is 52.4 Å². The molecule has 1 aliphatic heterocycles. The summed E-state index contributed by atoms with van der Waals surface area (Å²) in [6.07, 6.45) is 2.51. The van der Waals surface area contributed by atoms with E-state index in [9.17, 15) is 0 Å². The van der Waals surface area contributed by atoms with Crippen molar-refractivity contribution in [2.45, 2.75) is 26.3 Å². The van der Waals surface area contributed by atoms with Crippen LogP contribution in [-0.2, 0) is 6.54 Å². The number of nitrogens with one attached hydrogen (secondary N) is 1. The van der Waals surface area contributed by atoms with Crippen LogP contribution in [0.4, 0.5) is 0 Å². The Morgan fingerprint density at radius 2 is 1.58 bits per heavy atom. The van der Waals surface area contributed by atoms with Crippen molar-refractivity contribution in [3.63, 3.8) is 0 Å². The van der Waals surface area contributed by atoms with Crippen LogP contribution in [0.1, 0.15) is 25.3 Å². The maximum Gasteiger partial charge on any atom is 0.164 e. The Morgan fingerprint density at radius 3 is 2.12 bits per heavy atom. The summed E-state index contributed by atoms with van der Waals surface area (Å²) in [4.78, 5) is 2.49. The first-order valence-electron chi connectivity index (χ1n) is 8.43. The zero-order valence-corrected chi connectivity index (χ0v) is 16.1. The first-order valence-corrected chi connectivity index (χ1v) is 8.43. The van der Waals surface area contributed by atoms with Gasteiger partial charge in [0.1, 0.15) is 5.75 Å². The van der Waals surface area contributed by atoms with E-state index in [0.717, 1.165) is 55.7 Å². The number of halogens is 1. The molecule has 1 fully saturated rings. The summed E-state index contributed by atoms with van der Waals surface area (Å²) in [7, 11) is 5.01. The highest BCUT2D eigenvalue weighted by Gasteiger charge is 2.21. The van der Waals surface area contributed by atoms with Crippen molar-refractivity contribution in [1.29, 1.82) is 0 Å². The SMILES string of the molecule is CCNCC1CCN(Cc2cc(OC)c(OC)cc2OC)CC1.Cl. The van der Waals surface area contributed by atoms with Crippen LogP contribution in [0.25, 0.3) is 0 Å². The summed E-state index contributed by atoms with van der Waals surface area (Å²) in [5.41, 5.74) is 1.15. The number of ether oxygens (including phenoxy) is 3. The topological polar surface area (TPSA) is 43.0 Å². The Bertz CT molecular complexity index is 491. The fourth-order valence-electron chi connectivity index (χ4n) is 3.15. The normalized spacial score (nSPS) is 15.7. The van der Waals surface area contributed by atoms with E-state index in [2.05, 4.69) is 17.1 Å². The number of hydrogen-bond donors (Lipinski definition) is 1. The van der Waals surface area contributed by atoms with E-state index < -0.39 is 0 Å². The molecule has 1 N–H and O–H groups in total. The summed E-state index contributed by atoms with van der Waals surface area (Å²) < 4.78 is 16.3. The third-order valence-electron chi connectivity index (χ3n) is 4.57. The molecule has 0 unspecified atom stereocenters. The summed E-state index contributed by atoms with van der Waals surface area (Å²) >= 11 is 0. The zero-order valence-electron chi connectivity index (χ0n) is 15.3. The Hall–Kier alpha value is -1.17. The van der Waals surface area contributed by atoms with Gasteiger partial charge in [-0.1, -0.05) is 6.92 Å². The average molecular weight is 359 g/mol. The highest BCUT2D eigenvalue weighted by molar-refractivity contribution is 5.85. The van der Waals surface area contributed by atoms with Gasteiger partial charge in [-0.15, -0.1) is 12.4 Å². The van der Waals surface area contributed by atoms with Crippen molar-refractivity contribution in [1.82, 2.24) is 10.2 Å². The van der Waals surface area contributed by atoms with Gasteiger partial charge in [0.15, 0.2) is 11.5 Å². The van der Waals surface area contributed by atoms with Gasteiger partial charge in [-0.05, 0) is 51.0 Å². The molecule has 0 spiro atoms. The molecule has 0 radical (unpaired) electrons. The van der Waals surface area contributed by atoms with Gasteiger partial charge in [0.25, 0.3) is 0 Å². The second kappa shape index (κ2) is 10.6. The molecule has 1 heterocycles. The molecular weight excluding hydrogens is 328 g/mol. The van der Waals surface area contributed by atoms with Gasteiger partial charge in [0.05, 0.1) is 21.3 Å². The molecule has 1 aromatic rings. The summed E-state index contributed by atoms with van der Waals surface area (Å²) in [5, 5.41) is 3.46. The minimum atomic E-state index is 0. The van der Waals surface area contributed by atoms with Crippen molar-refractivity contribution in [2.24, 2.45) is 5.92 Å². The van der Waals surface area contributed by atoms with E-state index in [1.54, 1.807) is 21.3 Å². The van der Waals surface area contributed by atoms with Crippen molar-refractivity contribution >= 4 is 12.4 Å². The number of benzene rings is 1. The average Bonchev–Trinajstić information content (AvgIpc) is 2.60. The fourth-order valence-corrected chi connectivity index (χ4v) is 3.15. The van der Waals surface area contributed by atoms with Gasteiger partial charge in [0.2, 0.25) is 0 Å². The number of nitrogens with zero attached hydrogens (tertiary/aromatic N) is 1. The first kappa shape index (κ1) is 20.9. The van der Waals surface area contributed by atoms with Crippen molar-refractivity contribution < 1.29 is 14.2 Å². The molecule has 2 rings (SSSR count). The smallest absolute Gasteiger partial charge is 0.164 e. The molecule has 138 valence electrons. The van der Waals surface area contributed by atoms with Crippen molar-refractivity contribution in [2.75, 3.05) is 47.5 Å². The summed E-state index contributed by atoms with van der Waals surface area (Å²) in [6.45, 7) is 7.52. The van der Waals surface area contributed by atoms with Gasteiger partial charge < -0.3 is 19.5 Å². The lowest BCUT2D eigenvalue weighted by atomic mass is 9.96. The van der Waals surface area contributed by atoms with Crippen LogP contribution in [0.15, 0.2) is 12.1 Å². The summed E-state index contributed by atoms with van der Waals surface area (Å²) in [6, 6.07) is 3.94. The maximum atomic E-state index is 5.53. The minimum absolute atomic E-state index is 0. The Kier molecular flexibility index (Phi) is 9.26. The molecule has 0 aliphatic carbocycles. The number of methoxy groups -OCH3 is 3. The number of hydrogen-bond acceptors (Lipinski definition) is 5. The molecule has 0 bridgehead atoms. The Morgan fingerprint density at radius 1 is 1.00 bits per heavy atom. The van der Waals surface area contributed by atoms with E-state index in [4.69, 9.17) is 14.2 Å². The predicted molar refractivity (Wildman–Crippen MR) is 99.9 cm³/mol. The highest BCUT2D eigenvalue weighted by Crippen LogP contribution is 2.35. The highest BCUT2D eigenvalue weighted by atomic mass is 35.5. The van der Waals surface area contributed by atoms with E-state index in [-0.39, 0.29) is 12.4 Å². The van der Waals surface area contributed by atoms with Crippen LogP contribution < -0.4 is 19.5 Å². The van der Waals surface area contributed by atoms with Gasteiger partial charge >= 0.3 is 0 Å². The number of rotatable bonds is 8. The quantitative estimate of drug-likeness (QED) is 0.774. The van der Waals surface area contributed by atoms with Crippen LogP contribution in [0.2, 0.25) is 0 Å². The molecule has 0 amide bonds. The number of likely N-dealkylation sites (tertiary alicyclic amines) is 1. The molecule has 0 saturated carbocycles. The molecule has 6 heteroatoms. The molecular formula is C18H31ClN2O3. The van der Waals surface area contributed by atoms with Gasteiger partial charge in [-0.3, -0.25) is 4.90 Å². The minimum Gasteiger partial charge on any atom is -0.496 e. The molecule has 1 aromatic carbocycles. The molecule has 0 atom stereocenters. The second-order valence-electron chi connectivity index (χ2n) is 6.05. The zero-order chi connectivity index (χ0) is 16.7. The lowest BCUT2D eigenvalue weighted by molar-refractivity contribution is 0.174. The van der Waals surface area contributed by atoms with E-state index in [1.165, 1.54) is 12.8 Å². The standard InChI is InChI=1S/C18H30N2O3.ClH/c1-5-19-12-14-6-8-20(9-7-14)13-15-10-17(22-3)18(23-4)11-16(15)21-2;/h10-11,14,19H,5-9,12-13H2,1-4H3;1H. The lowest BCUT2D eigenvalue weighted by Gasteiger charge is -2.32. The molecule has 24 heavy (non-hydrogen) atoms. The van der Waals surface area contributed by atoms with E-state index in [1.807, 2.05) is 12.1 Å². The monoisotopic (exact) mass is 358 g/mol. The van der Waals surface area contributed by atoms with E-state index in [0.29, 0.717) is 5.75 Å². The van der Waals surface area contributed by atoms with Crippen molar-refractivity contribution in [3.05, 3.63) is 17.7 Å². The summed E-state index contributed by atoms with van der Waals surface area (Å²) in [5.74, 6) is 3.12. The van der Waals surface area contributed by atoms with E-state index >= 15 is 0 Å². The molecule has 1 aliphatic rings. The third-order valence-corrected chi connectivity index (χ3v) is 4.57. The fraction of sp³-hybridized carbons (Fsp3) is 0.667. The largest absolute Gasteiger partial charge is 0.496 e. The van der Waals surface area contributed by atoms with Crippen LogP contribution in [0.3, 0.4) is 0 Å². The van der Waals surface area contributed by atoms with Crippen molar-refractivity contribution in [3.8, 4) is 17.2 Å². The molecule has 5 nitrogen and oxygen atoms in total. The number of piperidine rings is 1. The lowest BCUT2D eigenvalue weighted by Crippen LogP contribution is -2.36. The predicted octanol–water partition coefficient (Wildman–Crippen LogP) is 2.96. The van der Waals surface area contributed by atoms with Crippen LogP contribution in [0, 0.1) is 5.92 Å². The first-order chi connectivity index (χ1) is 11.2. The molecule has 0 aromatic heterocycles. The van der Waals surface area contributed by atoms with Gasteiger partial charge in [-0.25, -0.2) is 0 Å². The Balaban J connectivity index is 0.00000288. The molecule has 1 saturated heterocycles. The van der Waals surface area contributed by atoms with Gasteiger partial charge in [0, 0.05) is 18.2 Å². The van der Waals surface area contributed by atoms with Crippen LogP contribution >= 0.6 is 12.4 Å². The Labute approximate surface area is 152 Å². The van der Waals surface area contributed by atoms with Gasteiger partial charge in [-0.2, -0.15) is 0 Å². The second-order valence-corrected chi connectivity index (χ2v) is 6.05. The van der Waals surface area contributed by atoms with Crippen LogP contribution in [0.5, 0.6) is 17.2 Å². The third kappa shape index (κ3) is 5.43.